The van der Waals surface area contributed by atoms with Gasteiger partial charge in [0.1, 0.15) is 12.0 Å². The standard InChI is InChI=1S/C29H34NO5.ClH/c31-27(21-19-33-20-21)35-29(22-9-3-1-4-10-22,23-11-5-2-6-12-23)28(32)34-26-17-24-13-14-25(18-26)30(24)15-7-8-16-30;/h1-6,9-12,21,24-26H,7-8,13-20H2;1H/q+1;/p-1. The third-order valence-corrected chi connectivity index (χ3v) is 8.90. The van der Waals surface area contributed by atoms with Crippen molar-refractivity contribution in [3.63, 3.8) is 0 Å². The van der Waals surface area contributed by atoms with Crippen LogP contribution in [0, 0.1) is 5.92 Å². The lowest BCUT2D eigenvalue weighted by Gasteiger charge is -2.47. The predicted molar refractivity (Wildman–Crippen MR) is 129 cm³/mol. The fourth-order valence-electron chi connectivity index (χ4n) is 7.05. The number of ether oxygens (including phenoxy) is 3. The second-order valence-electron chi connectivity index (χ2n) is 10.7. The molecule has 1 spiro atoms. The van der Waals surface area contributed by atoms with Gasteiger partial charge in [-0.05, 0) is 0 Å². The second-order valence-corrected chi connectivity index (χ2v) is 10.7. The third kappa shape index (κ3) is 4.13. The Labute approximate surface area is 218 Å². The molecule has 4 aliphatic rings. The van der Waals surface area contributed by atoms with E-state index in [1.807, 2.05) is 60.7 Å². The molecule has 2 aromatic carbocycles. The molecule has 6 nitrogen and oxygen atoms in total. The minimum atomic E-state index is -1.65. The van der Waals surface area contributed by atoms with Gasteiger partial charge >= 0.3 is 11.9 Å². The summed E-state index contributed by atoms with van der Waals surface area (Å²) >= 11 is 0. The van der Waals surface area contributed by atoms with Crippen LogP contribution >= 0.6 is 0 Å². The first-order chi connectivity index (χ1) is 17.1. The molecule has 0 aliphatic carbocycles. The molecule has 2 aromatic rings. The molecule has 2 bridgehead atoms. The highest BCUT2D eigenvalue weighted by Gasteiger charge is 2.57. The highest BCUT2D eigenvalue weighted by atomic mass is 35.5. The Balaban J connectivity index is 0.00000267. The first-order valence-corrected chi connectivity index (χ1v) is 13.1. The van der Waals surface area contributed by atoms with Gasteiger partial charge in [-0.3, -0.25) is 4.79 Å². The van der Waals surface area contributed by atoms with E-state index in [1.165, 1.54) is 43.3 Å². The molecule has 0 radical (unpaired) electrons. The Morgan fingerprint density at radius 1 is 0.833 bits per heavy atom. The van der Waals surface area contributed by atoms with E-state index in [-0.39, 0.29) is 24.4 Å². The first kappa shape index (κ1) is 25.2. The van der Waals surface area contributed by atoms with E-state index in [0.717, 1.165) is 12.8 Å². The largest absolute Gasteiger partial charge is 1.00 e. The number of benzene rings is 2. The van der Waals surface area contributed by atoms with E-state index in [4.69, 9.17) is 14.2 Å². The molecule has 7 heteroatoms. The summed E-state index contributed by atoms with van der Waals surface area (Å²) in [6.07, 6.45) is 6.70. The van der Waals surface area contributed by atoms with Crippen LogP contribution in [0.15, 0.2) is 60.7 Å². The molecular formula is C29H34ClNO5. The maximum absolute atomic E-state index is 14.2. The van der Waals surface area contributed by atoms with E-state index in [0.29, 0.717) is 36.4 Å². The van der Waals surface area contributed by atoms with Gasteiger partial charge in [0.25, 0.3) is 5.60 Å². The Kier molecular flexibility index (Phi) is 7.12. The molecule has 4 fully saturated rings. The second kappa shape index (κ2) is 10.2. The van der Waals surface area contributed by atoms with Crippen molar-refractivity contribution in [1.82, 2.24) is 0 Å². The zero-order valence-corrected chi connectivity index (χ0v) is 21.3. The van der Waals surface area contributed by atoms with Crippen molar-refractivity contribution in [2.24, 2.45) is 5.92 Å². The number of carbonyl (C=O) groups excluding carboxylic acids is 2. The molecule has 0 N–H and O–H groups in total. The summed E-state index contributed by atoms with van der Waals surface area (Å²) in [5.74, 6) is -1.28. The van der Waals surface area contributed by atoms with Gasteiger partial charge in [-0.15, -0.1) is 0 Å². The Bertz CT molecular complexity index is 1010. The summed E-state index contributed by atoms with van der Waals surface area (Å²) in [7, 11) is 0. The lowest BCUT2D eigenvalue weighted by atomic mass is 9.85. The molecule has 0 amide bonds. The Morgan fingerprint density at radius 2 is 1.36 bits per heavy atom. The molecule has 6 rings (SSSR count). The van der Waals surface area contributed by atoms with Gasteiger partial charge < -0.3 is 31.1 Å². The van der Waals surface area contributed by atoms with Crippen LogP contribution in [-0.4, -0.2) is 60.9 Å². The summed E-state index contributed by atoms with van der Waals surface area (Å²) in [5, 5.41) is 0. The van der Waals surface area contributed by atoms with Crippen molar-refractivity contribution in [2.45, 2.75) is 62.3 Å². The number of esters is 2. The minimum absolute atomic E-state index is 0. The zero-order valence-electron chi connectivity index (χ0n) is 20.5. The van der Waals surface area contributed by atoms with Gasteiger partial charge in [-0.1, -0.05) is 60.7 Å². The number of rotatable bonds is 6. The van der Waals surface area contributed by atoms with Gasteiger partial charge in [0.05, 0.1) is 38.4 Å². The fourth-order valence-corrected chi connectivity index (χ4v) is 7.05. The summed E-state index contributed by atoms with van der Waals surface area (Å²) in [6.45, 7) is 3.18. The van der Waals surface area contributed by atoms with Gasteiger partial charge in [0, 0.05) is 49.7 Å². The Hall–Kier alpha value is -2.41. The van der Waals surface area contributed by atoms with Crippen molar-refractivity contribution in [2.75, 3.05) is 26.3 Å². The molecule has 0 saturated carbocycles. The number of quaternary nitrogens is 1. The zero-order chi connectivity index (χ0) is 23.9. The summed E-state index contributed by atoms with van der Waals surface area (Å²) in [4.78, 5) is 27.4. The van der Waals surface area contributed by atoms with Crippen LogP contribution in [0.25, 0.3) is 0 Å². The van der Waals surface area contributed by atoms with Gasteiger partial charge in [-0.2, -0.15) is 0 Å². The van der Waals surface area contributed by atoms with E-state index in [2.05, 4.69) is 0 Å². The van der Waals surface area contributed by atoms with Gasteiger partial charge in [0.2, 0.25) is 0 Å². The van der Waals surface area contributed by atoms with Crippen LogP contribution in [0.1, 0.15) is 49.7 Å². The number of hydrogen-bond donors (Lipinski definition) is 0. The van der Waals surface area contributed by atoms with Gasteiger partial charge in [0.15, 0.2) is 0 Å². The van der Waals surface area contributed by atoms with Crippen LogP contribution in [0.5, 0.6) is 0 Å². The minimum Gasteiger partial charge on any atom is -1.00 e. The van der Waals surface area contributed by atoms with E-state index < -0.39 is 17.5 Å². The normalized spacial score (nSPS) is 26.6. The maximum atomic E-state index is 14.2. The lowest BCUT2D eigenvalue weighted by Crippen LogP contribution is -3.00. The fraction of sp³-hybridized carbons (Fsp3) is 0.517. The SMILES string of the molecule is O=C(OC(C(=O)OC1CC2CCC(C1)[N+]21CCCC1)(c1ccccc1)c1ccccc1)C1COC1.[Cl-]. The lowest BCUT2D eigenvalue weighted by molar-refractivity contribution is -0.956. The summed E-state index contributed by atoms with van der Waals surface area (Å²) < 4.78 is 19.0. The van der Waals surface area contributed by atoms with Crippen molar-refractivity contribution < 1.29 is 40.7 Å². The van der Waals surface area contributed by atoms with E-state index in [1.54, 1.807) is 0 Å². The van der Waals surface area contributed by atoms with Crippen LogP contribution < -0.4 is 12.4 Å². The van der Waals surface area contributed by atoms with Crippen LogP contribution in [0.4, 0.5) is 0 Å². The topological polar surface area (TPSA) is 61.8 Å². The quantitative estimate of drug-likeness (QED) is 0.427. The van der Waals surface area contributed by atoms with Crippen LogP contribution in [0.2, 0.25) is 0 Å². The average Bonchev–Trinajstić information content (AvgIpc) is 3.39. The molecule has 4 heterocycles. The highest BCUT2D eigenvalue weighted by molar-refractivity contribution is 5.89. The first-order valence-electron chi connectivity index (χ1n) is 13.1. The molecule has 2 atom stereocenters. The molecule has 4 saturated heterocycles. The number of hydrogen-bond acceptors (Lipinski definition) is 5. The molecule has 2 unspecified atom stereocenters. The summed E-state index contributed by atoms with van der Waals surface area (Å²) in [6, 6.07) is 19.8. The molecule has 36 heavy (non-hydrogen) atoms. The predicted octanol–water partition coefficient (Wildman–Crippen LogP) is 0.971. The van der Waals surface area contributed by atoms with Crippen LogP contribution in [0.3, 0.4) is 0 Å². The van der Waals surface area contributed by atoms with Crippen molar-refractivity contribution in [1.29, 1.82) is 0 Å². The molecular weight excluding hydrogens is 478 g/mol. The molecule has 0 aromatic heterocycles. The van der Waals surface area contributed by atoms with E-state index in [9.17, 15) is 9.59 Å². The van der Waals surface area contributed by atoms with Crippen molar-refractivity contribution in [3.05, 3.63) is 71.8 Å². The highest BCUT2D eigenvalue weighted by Crippen LogP contribution is 2.47. The average molecular weight is 512 g/mol. The van der Waals surface area contributed by atoms with Crippen LogP contribution in [-0.2, 0) is 29.4 Å². The van der Waals surface area contributed by atoms with E-state index >= 15 is 0 Å². The smallest absolute Gasteiger partial charge is 0.360 e. The number of halogens is 1. The Morgan fingerprint density at radius 3 is 1.83 bits per heavy atom. The maximum Gasteiger partial charge on any atom is 0.360 e. The van der Waals surface area contributed by atoms with Crippen molar-refractivity contribution >= 4 is 11.9 Å². The van der Waals surface area contributed by atoms with Crippen molar-refractivity contribution in [3.8, 4) is 0 Å². The monoisotopic (exact) mass is 511 g/mol. The third-order valence-electron chi connectivity index (χ3n) is 8.90. The number of piperidine rings is 1. The number of nitrogens with zero attached hydrogens (tertiary/aromatic N) is 1. The molecule has 192 valence electrons. The number of carbonyl (C=O) groups is 2. The molecule has 4 aliphatic heterocycles. The van der Waals surface area contributed by atoms with Gasteiger partial charge in [-0.25, -0.2) is 4.79 Å². The summed E-state index contributed by atoms with van der Waals surface area (Å²) in [5.41, 5.74) is -0.441.